The highest BCUT2D eigenvalue weighted by molar-refractivity contribution is 5.96. The number of nitro groups is 1. The van der Waals surface area contributed by atoms with E-state index in [2.05, 4.69) is 15.2 Å². The third-order valence-electron chi connectivity index (χ3n) is 5.02. The standard InChI is InChI=1S/C19H24N6O5/c1-4-30-19(27)13-7-8-20-17(16(13)25(28)29)24-9-5-6-12(11-24)15-14(10-21-22-15)18(26)23(2)3/h7-8,10,12H,4-6,9,11H2,1-3H3,(H,21,22)/t12-/m0/s1. The molecule has 1 aliphatic heterocycles. The van der Waals surface area contributed by atoms with E-state index >= 15 is 0 Å². The van der Waals surface area contributed by atoms with E-state index in [0.29, 0.717) is 24.3 Å². The molecule has 11 heteroatoms. The van der Waals surface area contributed by atoms with E-state index in [4.69, 9.17) is 4.74 Å². The Labute approximate surface area is 173 Å². The van der Waals surface area contributed by atoms with E-state index < -0.39 is 10.9 Å². The number of aromatic nitrogens is 3. The van der Waals surface area contributed by atoms with E-state index in [0.717, 1.165) is 12.8 Å². The number of hydrogen-bond donors (Lipinski definition) is 1. The van der Waals surface area contributed by atoms with Crippen molar-refractivity contribution < 1.29 is 19.2 Å². The van der Waals surface area contributed by atoms with Crippen LogP contribution in [-0.2, 0) is 4.74 Å². The minimum atomic E-state index is -0.756. The number of nitrogens with one attached hydrogen (secondary N) is 1. The van der Waals surface area contributed by atoms with Crippen molar-refractivity contribution in [2.24, 2.45) is 0 Å². The zero-order chi connectivity index (χ0) is 21.8. The Kier molecular flexibility index (Phi) is 6.28. The molecule has 0 unspecified atom stereocenters. The van der Waals surface area contributed by atoms with Gasteiger partial charge in [-0.15, -0.1) is 0 Å². The van der Waals surface area contributed by atoms with Gasteiger partial charge in [-0.25, -0.2) is 9.78 Å². The van der Waals surface area contributed by atoms with Crippen molar-refractivity contribution in [1.82, 2.24) is 20.1 Å². The molecule has 1 atom stereocenters. The highest BCUT2D eigenvalue weighted by Gasteiger charge is 2.34. The molecular formula is C19H24N6O5. The molecule has 0 aliphatic carbocycles. The minimum absolute atomic E-state index is 0.0900. The third kappa shape index (κ3) is 4.09. The summed E-state index contributed by atoms with van der Waals surface area (Å²) in [7, 11) is 3.33. The number of amides is 1. The van der Waals surface area contributed by atoms with Gasteiger partial charge in [0.1, 0.15) is 5.56 Å². The first-order chi connectivity index (χ1) is 14.3. The molecule has 0 saturated carbocycles. The SMILES string of the molecule is CCOC(=O)c1ccnc(N2CCC[C@H](c3[nH]ncc3C(=O)N(C)C)C2)c1[N+](=O)[O-]. The summed E-state index contributed by atoms with van der Waals surface area (Å²) in [5.41, 5.74) is 0.682. The van der Waals surface area contributed by atoms with Crippen molar-refractivity contribution in [1.29, 1.82) is 0 Å². The second-order valence-corrected chi connectivity index (χ2v) is 7.19. The number of rotatable bonds is 6. The third-order valence-corrected chi connectivity index (χ3v) is 5.02. The molecule has 0 spiro atoms. The van der Waals surface area contributed by atoms with Gasteiger partial charge in [0.25, 0.3) is 5.91 Å². The molecule has 1 N–H and O–H groups in total. The van der Waals surface area contributed by atoms with Crippen LogP contribution in [0.3, 0.4) is 0 Å². The number of aromatic amines is 1. The van der Waals surface area contributed by atoms with Crippen molar-refractivity contribution in [3.05, 3.63) is 45.4 Å². The van der Waals surface area contributed by atoms with Crippen LogP contribution in [0.4, 0.5) is 11.5 Å². The largest absolute Gasteiger partial charge is 0.462 e. The Morgan fingerprint density at radius 3 is 2.83 bits per heavy atom. The van der Waals surface area contributed by atoms with E-state index in [1.807, 2.05) is 0 Å². The molecule has 1 amide bonds. The molecule has 2 aromatic heterocycles. The Morgan fingerprint density at radius 2 is 2.17 bits per heavy atom. The summed E-state index contributed by atoms with van der Waals surface area (Å²) >= 11 is 0. The smallest absolute Gasteiger partial charge is 0.345 e. The monoisotopic (exact) mass is 416 g/mol. The number of nitrogens with zero attached hydrogens (tertiary/aromatic N) is 5. The number of carbonyl (C=O) groups excluding carboxylic acids is 2. The topological polar surface area (TPSA) is 135 Å². The first-order valence-corrected chi connectivity index (χ1v) is 9.65. The van der Waals surface area contributed by atoms with Gasteiger partial charge in [-0.3, -0.25) is 20.0 Å². The van der Waals surface area contributed by atoms with E-state index in [1.54, 1.807) is 25.9 Å². The van der Waals surface area contributed by atoms with Gasteiger partial charge in [-0.05, 0) is 25.8 Å². The number of hydrogen-bond acceptors (Lipinski definition) is 8. The van der Waals surface area contributed by atoms with Crippen molar-refractivity contribution in [3.8, 4) is 0 Å². The lowest BCUT2D eigenvalue weighted by molar-refractivity contribution is -0.384. The van der Waals surface area contributed by atoms with E-state index in [-0.39, 0.29) is 35.5 Å². The number of piperidine rings is 1. The Hall–Kier alpha value is -3.50. The van der Waals surface area contributed by atoms with Crippen LogP contribution in [-0.4, -0.2) is 70.7 Å². The highest BCUT2D eigenvalue weighted by atomic mass is 16.6. The molecule has 1 saturated heterocycles. The van der Waals surface area contributed by atoms with Gasteiger partial charge in [-0.2, -0.15) is 5.10 Å². The fourth-order valence-corrected chi connectivity index (χ4v) is 3.65. The molecule has 0 bridgehead atoms. The van der Waals surface area contributed by atoms with Gasteiger partial charge in [0, 0.05) is 39.3 Å². The number of esters is 1. The maximum Gasteiger partial charge on any atom is 0.345 e. The molecular weight excluding hydrogens is 392 g/mol. The van der Waals surface area contributed by atoms with Crippen LogP contribution in [0.15, 0.2) is 18.5 Å². The molecule has 0 aromatic carbocycles. The fraction of sp³-hybridized carbons (Fsp3) is 0.474. The van der Waals surface area contributed by atoms with Crippen LogP contribution >= 0.6 is 0 Å². The number of carbonyl (C=O) groups is 2. The Balaban J connectivity index is 1.94. The number of ether oxygens (including phenoxy) is 1. The van der Waals surface area contributed by atoms with Crippen LogP contribution < -0.4 is 4.90 Å². The van der Waals surface area contributed by atoms with Crippen LogP contribution in [0, 0.1) is 10.1 Å². The normalized spacial score (nSPS) is 16.2. The maximum atomic E-state index is 12.4. The quantitative estimate of drug-likeness (QED) is 0.429. The summed E-state index contributed by atoms with van der Waals surface area (Å²) < 4.78 is 4.96. The van der Waals surface area contributed by atoms with Crippen LogP contribution in [0.1, 0.15) is 52.1 Å². The summed E-state index contributed by atoms with van der Waals surface area (Å²) in [6.07, 6.45) is 4.40. The summed E-state index contributed by atoms with van der Waals surface area (Å²) in [6, 6.07) is 1.30. The minimum Gasteiger partial charge on any atom is -0.462 e. The second kappa shape index (κ2) is 8.89. The van der Waals surface area contributed by atoms with Crippen LogP contribution in [0.25, 0.3) is 0 Å². The van der Waals surface area contributed by atoms with Gasteiger partial charge in [0.2, 0.25) is 5.82 Å². The van der Waals surface area contributed by atoms with Gasteiger partial charge < -0.3 is 14.5 Å². The molecule has 30 heavy (non-hydrogen) atoms. The molecule has 1 aliphatic rings. The number of anilines is 1. The van der Waals surface area contributed by atoms with Crippen molar-refractivity contribution in [2.45, 2.75) is 25.7 Å². The second-order valence-electron chi connectivity index (χ2n) is 7.19. The van der Waals surface area contributed by atoms with Crippen LogP contribution in [0.5, 0.6) is 0 Å². The average Bonchev–Trinajstić information content (AvgIpc) is 3.22. The molecule has 2 aromatic rings. The zero-order valence-corrected chi connectivity index (χ0v) is 17.1. The first kappa shape index (κ1) is 21.2. The van der Waals surface area contributed by atoms with Gasteiger partial charge in [0.15, 0.2) is 0 Å². The van der Waals surface area contributed by atoms with E-state index in [9.17, 15) is 19.7 Å². The summed E-state index contributed by atoms with van der Waals surface area (Å²) in [5, 5.41) is 18.7. The Bertz CT molecular complexity index is 957. The zero-order valence-electron chi connectivity index (χ0n) is 17.1. The van der Waals surface area contributed by atoms with Gasteiger partial charge in [-0.1, -0.05) is 0 Å². The lowest BCUT2D eigenvalue weighted by Crippen LogP contribution is -2.36. The predicted molar refractivity (Wildman–Crippen MR) is 108 cm³/mol. The average molecular weight is 416 g/mol. The fourth-order valence-electron chi connectivity index (χ4n) is 3.65. The molecule has 11 nitrogen and oxygen atoms in total. The summed E-state index contributed by atoms with van der Waals surface area (Å²) in [6.45, 7) is 2.69. The molecule has 0 radical (unpaired) electrons. The van der Waals surface area contributed by atoms with Crippen molar-refractivity contribution >= 4 is 23.4 Å². The predicted octanol–water partition coefficient (Wildman–Crippen LogP) is 1.98. The lowest BCUT2D eigenvalue weighted by atomic mass is 9.92. The summed E-state index contributed by atoms with van der Waals surface area (Å²) in [5.74, 6) is -0.888. The van der Waals surface area contributed by atoms with Gasteiger partial charge >= 0.3 is 11.7 Å². The number of H-pyrrole nitrogens is 1. The van der Waals surface area contributed by atoms with Crippen molar-refractivity contribution in [2.75, 3.05) is 38.7 Å². The molecule has 160 valence electrons. The molecule has 3 heterocycles. The maximum absolute atomic E-state index is 12.4. The lowest BCUT2D eigenvalue weighted by Gasteiger charge is -2.33. The Morgan fingerprint density at radius 1 is 1.40 bits per heavy atom. The van der Waals surface area contributed by atoms with Crippen LogP contribution in [0.2, 0.25) is 0 Å². The summed E-state index contributed by atoms with van der Waals surface area (Å²) in [4.78, 5) is 43.3. The van der Waals surface area contributed by atoms with Crippen molar-refractivity contribution in [3.63, 3.8) is 0 Å². The van der Waals surface area contributed by atoms with Gasteiger partial charge in [0.05, 0.1) is 29.0 Å². The van der Waals surface area contributed by atoms with E-state index in [1.165, 1.54) is 23.4 Å². The number of pyridine rings is 1. The highest BCUT2D eigenvalue weighted by Crippen LogP contribution is 2.35. The molecule has 1 fully saturated rings. The first-order valence-electron chi connectivity index (χ1n) is 9.65. The molecule has 3 rings (SSSR count).